The Morgan fingerprint density at radius 2 is 2.00 bits per heavy atom. The average Bonchev–Trinajstić information content (AvgIpc) is 3.33. The van der Waals surface area contributed by atoms with Gasteiger partial charge in [0.05, 0.1) is 17.8 Å². The van der Waals surface area contributed by atoms with Gasteiger partial charge in [-0.2, -0.15) is 0 Å². The minimum atomic E-state index is -0.771. The number of nitrogens with zero attached hydrogens (tertiary/aromatic N) is 4. The van der Waals surface area contributed by atoms with Gasteiger partial charge < -0.3 is 5.73 Å². The topological polar surface area (TPSA) is 69.6 Å². The molecule has 1 aromatic carbocycles. The van der Waals surface area contributed by atoms with Crippen LogP contribution in [0.5, 0.6) is 0 Å². The first-order valence-corrected chi connectivity index (χ1v) is 7.10. The lowest BCUT2D eigenvalue weighted by Gasteiger charge is -2.15. The van der Waals surface area contributed by atoms with Crippen molar-refractivity contribution in [3.05, 3.63) is 23.8 Å². The Morgan fingerprint density at radius 3 is 2.67 bits per heavy atom. The number of aromatic nitrogens is 4. The maximum Gasteiger partial charge on any atom is 0.185 e. The summed E-state index contributed by atoms with van der Waals surface area (Å²) < 4.78 is 28.9. The van der Waals surface area contributed by atoms with Crippen molar-refractivity contribution < 1.29 is 8.78 Å². The second-order valence-electron chi connectivity index (χ2n) is 6.15. The van der Waals surface area contributed by atoms with Gasteiger partial charge in [0.2, 0.25) is 0 Å². The Morgan fingerprint density at radius 1 is 1.24 bits per heavy atom. The van der Waals surface area contributed by atoms with Gasteiger partial charge in [0.25, 0.3) is 0 Å². The van der Waals surface area contributed by atoms with E-state index in [9.17, 15) is 8.78 Å². The van der Waals surface area contributed by atoms with E-state index in [4.69, 9.17) is 5.73 Å². The summed E-state index contributed by atoms with van der Waals surface area (Å²) in [6, 6.07) is 2.03. The van der Waals surface area contributed by atoms with E-state index in [1.807, 2.05) is 0 Å². The molecule has 4 rings (SSSR count). The van der Waals surface area contributed by atoms with Crippen molar-refractivity contribution in [1.29, 1.82) is 0 Å². The molecule has 2 aromatic rings. The maximum absolute atomic E-state index is 14.0. The standard InChI is InChI=1S/C14H15F2N5/c15-10-6-11(16)12(17)5-9(10)13-18-19-20-21(13)7-14(3-4-14)8-1-2-8/h5-6,8H,1-4,7,17H2. The highest BCUT2D eigenvalue weighted by molar-refractivity contribution is 5.62. The van der Waals surface area contributed by atoms with Gasteiger partial charge >= 0.3 is 0 Å². The van der Waals surface area contributed by atoms with E-state index < -0.39 is 11.6 Å². The van der Waals surface area contributed by atoms with Gasteiger partial charge in [0.1, 0.15) is 11.6 Å². The Labute approximate surface area is 120 Å². The third-order valence-electron chi connectivity index (χ3n) is 4.66. The molecule has 2 fully saturated rings. The summed E-state index contributed by atoms with van der Waals surface area (Å²) in [6.07, 6.45) is 4.86. The first-order chi connectivity index (χ1) is 10.1. The zero-order chi connectivity index (χ0) is 14.6. The third kappa shape index (κ3) is 2.07. The summed E-state index contributed by atoms with van der Waals surface area (Å²) in [5.74, 6) is -0.412. The van der Waals surface area contributed by atoms with Crippen molar-refractivity contribution in [2.75, 3.05) is 5.73 Å². The Kier molecular flexibility index (Phi) is 2.55. The molecule has 0 atom stereocenters. The number of rotatable bonds is 4. The summed E-state index contributed by atoms with van der Waals surface area (Å²) in [5.41, 5.74) is 5.84. The van der Waals surface area contributed by atoms with E-state index in [1.54, 1.807) is 4.68 Å². The Hall–Kier alpha value is -2.05. The molecule has 0 amide bonds. The van der Waals surface area contributed by atoms with Gasteiger partial charge in [0, 0.05) is 6.07 Å². The average molecular weight is 291 g/mol. The van der Waals surface area contributed by atoms with E-state index in [-0.39, 0.29) is 16.7 Å². The van der Waals surface area contributed by atoms with Crippen LogP contribution < -0.4 is 5.73 Å². The molecule has 110 valence electrons. The molecule has 1 heterocycles. The molecule has 2 saturated carbocycles. The zero-order valence-electron chi connectivity index (χ0n) is 11.4. The number of anilines is 1. The molecule has 0 saturated heterocycles. The summed E-state index contributed by atoms with van der Waals surface area (Å²) >= 11 is 0. The fourth-order valence-electron chi connectivity index (χ4n) is 3.09. The molecule has 0 bridgehead atoms. The monoisotopic (exact) mass is 291 g/mol. The zero-order valence-corrected chi connectivity index (χ0v) is 11.4. The van der Waals surface area contributed by atoms with Crippen LogP contribution in [0.25, 0.3) is 11.4 Å². The summed E-state index contributed by atoms with van der Waals surface area (Å²) in [4.78, 5) is 0. The highest BCUT2D eigenvalue weighted by Crippen LogP contribution is 2.62. The van der Waals surface area contributed by atoms with Crippen molar-refractivity contribution in [1.82, 2.24) is 20.2 Å². The van der Waals surface area contributed by atoms with E-state index in [1.165, 1.54) is 31.7 Å². The molecule has 0 radical (unpaired) electrons. The molecule has 21 heavy (non-hydrogen) atoms. The Balaban J connectivity index is 1.70. The van der Waals surface area contributed by atoms with Crippen molar-refractivity contribution >= 4 is 5.69 Å². The first kappa shape index (κ1) is 12.7. The molecular formula is C14H15F2N5. The van der Waals surface area contributed by atoms with Crippen molar-refractivity contribution in [2.45, 2.75) is 32.2 Å². The van der Waals surface area contributed by atoms with Crippen LogP contribution in [-0.2, 0) is 6.54 Å². The van der Waals surface area contributed by atoms with Crippen molar-refractivity contribution in [2.24, 2.45) is 11.3 Å². The smallest absolute Gasteiger partial charge is 0.185 e. The summed E-state index contributed by atoms with van der Waals surface area (Å²) in [6.45, 7) is 0.691. The second kappa shape index (κ2) is 4.22. The van der Waals surface area contributed by atoms with Crippen LogP contribution in [0.1, 0.15) is 25.7 Å². The van der Waals surface area contributed by atoms with E-state index in [0.29, 0.717) is 12.4 Å². The van der Waals surface area contributed by atoms with Gasteiger partial charge in [-0.25, -0.2) is 13.5 Å². The minimum absolute atomic E-state index is 0.107. The number of tetrazole rings is 1. The van der Waals surface area contributed by atoms with Crippen LogP contribution in [0.2, 0.25) is 0 Å². The molecule has 0 unspecified atom stereocenters. The van der Waals surface area contributed by atoms with Gasteiger partial charge in [-0.3, -0.25) is 0 Å². The molecule has 1 aromatic heterocycles. The van der Waals surface area contributed by atoms with E-state index in [2.05, 4.69) is 15.5 Å². The lowest BCUT2D eigenvalue weighted by atomic mass is 10.0. The van der Waals surface area contributed by atoms with E-state index in [0.717, 1.165) is 12.0 Å². The first-order valence-electron chi connectivity index (χ1n) is 7.10. The molecule has 0 spiro atoms. The fraction of sp³-hybridized carbons (Fsp3) is 0.500. The van der Waals surface area contributed by atoms with Gasteiger partial charge in [-0.15, -0.1) is 5.10 Å². The van der Waals surface area contributed by atoms with Crippen LogP contribution in [0.4, 0.5) is 14.5 Å². The normalized spacial score (nSPS) is 19.7. The molecule has 2 N–H and O–H groups in total. The largest absolute Gasteiger partial charge is 0.396 e. The quantitative estimate of drug-likeness (QED) is 0.878. The van der Waals surface area contributed by atoms with Crippen LogP contribution in [0, 0.1) is 23.0 Å². The minimum Gasteiger partial charge on any atom is -0.396 e. The van der Waals surface area contributed by atoms with Crippen LogP contribution in [0.3, 0.4) is 0 Å². The highest BCUT2D eigenvalue weighted by Gasteiger charge is 2.54. The molecule has 2 aliphatic carbocycles. The predicted molar refractivity (Wildman–Crippen MR) is 72.0 cm³/mol. The lowest BCUT2D eigenvalue weighted by molar-refractivity contribution is 0.348. The molecule has 5 nitrogen and oxygen atoms in total. The van der Waals surface area contributed by atoms with Crippen molar-refractivity contribution in [3.8, 4) is 11.4 Å². The third-order valence-corrected chi connectivity index (χ3v) is 4.66. The van der Waals surface area contributed by atoms with E-state index >= 15 is 0 Å². The molecule has 2 aliphatic rings. The fourth-order valence-corrected chi connectivity index (χ4v) is 3.09. The van der Waals surface area contributed by atoms with Crippen LogP contribution in [-0.4, -0.2) is 20.2 Å². The number of benzene rings is 1. The number of nitrogens with two attached hydrogens (primary N) is 1. The number of nitrogen functional groups attached to an aromatic ring is 1. The maximum atomic E-state index is 14.0. The van der Waals surface area contributed by atoms with Crippen LogP contribution >= 0.6 is 0 Å². The molecular weight excluding hydrogens is 276 g/mol. The summed E-state index contributed by atoms with van der Waals surface area (Å²) in [7, 11) is 0. The highest BCUT2D eigenvalue weighted by atomic mass is 19.1. The van der Waals surface area contributed by atoms with Crippen LogP contribution in [0.15, 0.2) is 12.1 Å². The van der Waals surface area contributed by atoms with Gasteiger partial charge in [-0.05, 0) is 53.5 Å². The second-order valence-corrected chi connectivity index (χ2v) is 6.15. The lowest BCUT2D eigenvalue weighted by Crippen LogP contribution is -2.16. The Bertz CT molecular complexity index is 703. The SMILES string of the molecule is Nc1cc(-c2nnnn2CC2(C3CC3)CC2)c(F)cc1F. The molecule has 7 heteroatoms. The van der Waals surface area contributed by atoms with Gasteiger partial charge in [0.15, 0.2) is 5.82 Å². The number of hydrogen-bond donors (Lipinski definition) is 1. The predicted octanol–water partition coefficient (Wildman–Crippen LogP) is 2.39. The van der Waals surface area contributed by atoms with Gasteiger partial charge in [-0.1, -0.05) is 0 Å². The summed E-state index contributed by atoms with van der Waals surface area (Å²) in [5, 5.41) is 11.5. The number of halogens is 2. The van der Waals surface area contributed by atoms with Crippen molar-refractivity contribution in [3.63, 3.8) is 0 Å². The number of hydrogen-bond acceptors (Lipinski definition) is 4. The molecule has 0 aliphatic heterocycles.